The SMILES string of the molecule is Cc1nc(-c2cccc(Oc3ncnc4sc5c(c34)CCCC5)c2)no1. The zero-order valence-electron chi connectivity index (χ0n) is 14.2. The van der Waals surface area contributed by atoms with E-state index >= 15 is 0 Å². The van der Waals surface area contributed by atoms with Crippen LogP contribution in [0.4, 0.5) is 0 Å². The molecule has 1 aliphatic rings. The van der Waals surface area contributed by atoms with Gasteiger partial charge in [-0.3, -0.25) is 0 Å². The number of ether oxygens (including phenoxy) is 1. The van der Waals surface area contributed by atoms with Gasteiger partial charge in [-0.25, -0.2) is 9.97 Å². The zero-order valence-corrected chi connectivity index (χ0v) is 15.0. The lowest BCUT2D eigenvalue weighted by atomic mass is 9.97. The van der Waals surface area contributed by atoms with Gasteiger partial charge in [-0.05, 0) is 43.4 Å². The van der Waals surface area contributed by atoms with Gasteiger partial charge in [0.1, 0.15) is 16.9 Å². The normalized spacial score (nSPS) is 13.7. The minimum atomic E-state index is 0.536. The topological polar surface area (TPSA) is 73.9 Å². The fraction of sp³-hybridized carbons (Fsp3) is 0.263. The van der Waals surface area contributed by atoms with Crippen LogP contribution in [0.3, 0.4) is 0 Å². The molecule has 1 aromatic carbocycles. The first kappa shape index (κ1) is 15.5. The zero-order chi connectivity index (χ0) is 17.5. The molecule has 0 spiro atoms. The Morgan fingerprint density at radius 2 is 2.08 bits per heavy atom. The number of aryl methyl sites for hydroxylation is 3. The number of nitrogens with zero attached hydrogens (tertiary/aromatic N) is 4. The summed E-state index contributed by atoms with van der Waals surface area (Å²) in [4.78, 5) is 15.6. The van der Waals surface area contributed by atoms with Crippen LogP contribution in [-0.4, -0.2) is 20.1 Å². The van der Waals surface area contributed by atoms with E-state index in [-0.39, 0.29) is 0 Å². The van der Waals surface area contributed by atoms with Gasteiger partial charge in [0.25, 0.3) is 0 Å². The number of thiophene rings is 1. The summed E-state index contributed by atoms with van der Waals surface area (Å²) < 4.78 is 11.2. The number of hydrogen-bond donors (Lipinski definition) is 0. The summed E-state index contributed by atoms with van der Waals surface area (Å²) in [5, 5.41) is 5.03. The highest BCUT2D eigenvalue weighted by Crippen LogP contribution is 2.40. The van der Waals surface area contributed by atoms with Gasteiger partial charge < -0.3 is 9.26 Å². The van der Waals surface area contributed by atoms with Crippen molar-refractivity contribution in [1.82, 2.24) is 20.1 Å². The average molecular weight is 364 g/mol. The second-order valence-electron chi connectivity index (χ2n) is 6.34. The van der Waals surface area contributed by atoms with E-state index in [0.29, 0.717) is 23.3 Å². The third-order valence-electron chi connectivity index (χ3n) is 4.55. The summed E-state index contributed by atoms with van der Waals surface area (Å²) in [6.45, 7) is 1.77. The Bertz CT molecular complexity index is 1100. The van der Waals surface area contributed by atoms with Gasteiger partial charge in [0.05, 0.1) is 5.39 Å². The van der Waals surface area contributed by atoms with Crippen molar-refractivity contribution in [3.63, 3.8) is 0 Å². The van der Waals surface area contributed by atoms with Gasteiger partial charge in [-0.15, -0.1) is 11.3 Å². The van der Waals surface area contributed by atoms with Crippen molar-refractivity contribution in [3.8, 4) is 23.0 Å². The molecule has 0 bridgehead atoms. The quantitative estimate of drug-likeness (QED) is 0.524. The number of fused-ring (bicyclic) bond motifs is 3. The van der Waals surface area contributed by atoms with Crippen molar-refractivity contribution in [2.45, 2.75) is 32.6 Å². The van der Waals surface area contributed by atoms with Gasteiger partial charge in [0.2, 0.25) is 17.6 Å². The predicted octanol–water partition coefficient (Wildman–Crippen LogP) is 4.72. The van der Waals surface area contributed by atoms with Crippen molar-refractivity contribution in [2.75, 3.05) is 0 Å². The van der Waals surface area contributed by atoms with Crippen LogP contribution < -0.4 is 4.74 Å². The monoisotopic (exact) mass is 364 g/mol. The van der Waals surface area contributed by atoms with E-state index < -0.39 is 0 Å². The Kier molecular flexibility index (Phi) is 3.67. The Labute approximate surface area is 153 Å². The lowest BCUT2D eigenvalue weighted by Crippen LogP contribution is -1.99. The van der Waals surface area contributed by atoms with E-state index in [1.165, 1.54) is 23.3 Å². The summed E-state index contributed by atoms with van der Waals surface area (Å²) >= 11 is 1.76. The molecule has 0 amide bonds. The third kappa shape index (κ3) is 2.64. The van der Waals surface area contributed by atoms with Crippen molar-refractivity contribution in [3.05, 3.63) is 46.9 Å². The van der Waals surface area contributed by atoms with E-state index in [2.05, 4.69) is 20.1 Å². The molecule has 6 nitrogen and oxygen atoms in total. The Morgan fingerprint density at radius 1 is 1.15 bits per heavy atom. The molecule has 0 radical (unpaired) electrons. The fourth-order valence-corrected chi connectivity index (χ4v) is 4.58. The maximum atomic E-state index is 6.15. The van der Waals surface area contributed by atoms with Crippen molar-refractivity contribution in [2.24, 2.45) is 0 Å². The average Bonchev–Trinajstić information content (AvgIpc) is 3.26. The highest BCUT2D eigenvalue weighted by atomic mass is 32.1. The molecule has 0 unspecified atom stereocenters. The first-order valence-electron chi connectivity index (χ1n) is 8.62. The number of aromatic nitrogens is 4. The summed E-state index contributed by atoms with van der Waals surface area (Å²) in [5.41, 5.74) is 2.20. The standard InChI is InChI=1S/C19H16N4O2S/c1-11-22-17(23-25-11)12-5-4-6-13(9-12)24-18-16-14-7-2-3-8-15(14)26-19(16)21-10-20-18/h4-6,9-10H,2-3,7-8H2,1H3. The van der Waals surface area contributed by atoms with Crippen LogP contribution in [0.15, 0.2) is 35.1 Å². The van der Waals surface area contributed by atoms with Crippen molar-refractivity contribution < 1.29 is 9.26 Å². The molecule has 0 saturated carbocycles. The van der Waals surface area contributed by atoms with Crippen LogP contribution in [-0.2, 0) is 12.8 Å². The molecule has 0 atom stereocenters. The van der Waals surface area contributed by atoms with E-state index in [0.717, 1.165) is 28.6 Å². The maximum absolute atomic E-state index is 6.15. The molecule has 3 heterocycles. The molecule has 0 aliphatic heterocycles. The molecule has 1 aliphatic carbocycles. The minimum absolute atomic E-state index is 0.536. The van der Waals surface area contributed by atoms with E-state index in [4.69, 9.17) is 9.26 Å². The smallest absolute Gasteiger partial charge is 0.231 e. The molecular formula is C19H16N4O2S. The Morgan fingerprint density at radius 3 is 2.96 bits per heavy atom. The second-order valence-corrected chi connectivity index (χ2v) is 7.42. The molecule has 0 fully saturated rings. The number of hydrogen-bond acceptors (Lipinski definition) is 7. The highest BCUT2D eigenvalue weighted by Gasteiger charge is 2.21. The molecule has 4 aromatic rings. The molecule has 3 aromatic heterocycles. The lowest BCUT2D eigenvalue weighted by Gasteiger charge is -2.12. The largest absolute Gasteiger partial charge is 0.438 e. The van der Waals surface area contributed by atoms with Crippen LogP contribution in [0.2, 0.25) is 0 Å². The third-order valence-corrected chi connectivity index (χ3v) is 5.75. The predicted molar refractivity (Wildman–Crippen MR) is 98.6 cm³/mol. The molecular weight excluding hydrogens is 348 g/mol. The molecule has 7 heteroatoms. The summed E-state index contributed by atoms with van der Waals surface area (Å²) in [7, 11) is 0. The highest BCUT2D eigenvalue weighted by molar-refractivity contribution is 7.18. The van der Waals surface area contributed by atoms with Crippen LogP contribution in [0.25, 0.3) is 21.6 Å². The molecule has 0 saturated heterocycles. The summed E-state index contributed by atoms with van der Waals surface area (Å²) in [6.07, 6.45) is 6.23. The number of rotatable bonds is 3. The summed E-state index contributed by atoms with van der Waals surface area (Å²) in [5.74, 6) is 2.40. The van der Waals surface area contributed by atoms with E-state index in [1.807, 2.05) is 24.3 Å². The van der Waals surface area contributed by atoms with Crippen LogP contribution >= 0.6 is 11.3 Å². The van der Waals surface area contributed by atoms with Crippen LogP contribution in [0, 0.1) is 6.92 Å². The van der Waals surface area contributed by atoms with Crippen molar-refractivity contribution >= 4 is 21.6 Å². The van der Waals surface area contributed by atoms with Gasteiger partial charge in [-0.2, -0.15) is 4.98 Å². The van der Waals surface area contributed by atoms with E-state index in [1.54, 1.807) is 24.6 Å². The van der Waals surface area contributed by atoms with Crippen LogP contribution in [0.1, 0.15) is 29.2 Å². The first-order valence-corrected chi connectivity index (χ1v) is 9.43. The van der Waals surface area contributed by atoms with Gasteiger partial charge in [0, 0.05) is 17.4 Å². The van der Waals surface area contributed by atoms with Gasteiger partial charge in [-0.1, -0.05) is 17.3 Å². The van der Waals surface area contributed by atoms with Gasteiger partial charge >= 0.3 is 0 Å². The van der Waals surface area contributed by atoms with E-state index in [9.17, 15) is 0 Å². The van der Waals surface area contributed by atoms with Crippen LogP contribution in [0.5, 0.6) is 11.6 Å². The second kappa shape index (κ2) is 6.17. The van der Waals surface area contributed by atoms with Crippen molar-refractivity contribution in [1.29, 1.82) is 0 Å². The van der Waals surface area contributed by atoms with Gasteiger partial charge in [0.15, 0.2) is 0 Å². The Hall–Kier alpha value is -2.80. The Balaban J connectivity index is 1.55. The fourth-order valence-electron chi connectivity index (χ4n) is 3.37. The lowest BCUT2D eigenvalue weighted by molar-refractivity contribution is 0.394. The number of benzene rings is 1. The molecule has 0 N–H and O–H groups in total. The molecule has 5 rings (SSSR count). The minimum Gasteiger partial charge on any atom is -0.438 e. The summed E-state index contributed by atoms with van der Waals surface area (Å²) in [6, 6.07) is 7.65. The molecule has 26 heavy (non-hydrogen) atoms. The molecule has 130 valence electrons. The first-order chi connectivity index (χ1) is 12.8. The maximum Gasteiger partial charge on any atom is 0.231 e.